The molecule has 1 aliphatic heterocycles. The Hall–Kier alpha value is -3.57. The molecule has 0 aliphatic carbocycles. The molecule has 10 nitrogen and oxygen atoms in total. The monoisotopic (exact) mass is 494 g/mol. The van der Waals surface area contributed by atoms with Crippen LogP contribution < -0.4 is 10.3 Å². The molecule has 11 heteroatoms. The van der Waals surface area contributed by atoms with Gasteiger partial charge in [0.25, 0.3) is 5.56 Å². The van der Waals surface area contributed by atoms with Gasteiger partial charge in [-0.05, 0) is 49.6 Å². The van der Waals surface area contributed by atoms with E-state index in [1.807, 2.05) is 31.2 Å². The first-order valence-corrected chi connectivity index (χ1v) is 12.8. The van der Waals surface area contributed by atoms with Crippen molar-refractivity contribution in [2.24, 2.45) is 0 Å². The third kappa shape index (κ3) is 4.56. The second kappa shape index (κ2) is 9.23. The Morgan fingerprint density at radius 2 is 1.74 bits per heavy atom. The number of fused-ring (bicyclic) bond motifs is 1. The van der Waals surface area contributed by atoms with Gasteiger partial charge in [-0.1, -0.05) is 35.0 Å². The molecule has 2 aromatic carbocycles. The van der Waals surface area contributed by atoms with Crippen molar-refractivity contribution in [1.29, 1.82) is 0 Å². The third-order valence-corrected chi connectivity index (χ3v) is 8.30. The standard InChI is InChI=1S/C24H26N6O4S/c1-16-3-5-17(6-4-16)15-30-23-21(27-28-30)24(31)26-22(25-23)18-11-13-29(14-12-18)35(32,33)20-9-7-19(34-2)8-10-20/h3-10,18H,11-15H2,1-2H3,(H,25,26,31). The second-order valence-corrected chi connectivity index (χ2v) is 10.6. The highest BCUT2D eigenvalue weighted by molar-refractivity contribution is 7.89. The largest absolute Gasteiger partial charge is 0.497 e. The van der Waals surface area contributed by atoms with Gasteiger partial charge in [0.15, 0.2) is 11.2 Å². The van der Waals surface area contributed by atoms with Gasteiger partial charge < -0.3 is 9.72 Å². The first-order chi connectivity index (χ1) is 16.8. The van der Waals surface area contributed by atoms with Gasteiger partial charge in [0.05, 0.1) is 18.6 Å². The summed E-state index contributed by atoms with van der Waals surface area (Å²) in [6, 6.07) is 14.4. The fourth-order valence-electron chi connectivity index (χ4n) is 4.32. The van der Waals surface area contributed by atoms with Crippen LogP contribution in [0.3, 0.4) is 0 Å². The van der Waals surface area contributed by atoms with E-state index in [1.165, 1.54) is 11.4 Å². The lowest BCUT2D eigenvalue weighted by Crippen LogP contribution is -2.38. The maximum atomic E-state index is 13.1. The van der Waals surface area contributed by atoms with Crippen LogP contribution in [0.15, 0.2) is 58.2 Å². The predicted octanol–water partition coefficient (Wildman–Crippen LogP) is 2.45. The lowest BCUT2D eigenvalue weighted by molar-refractivity contribution is 0.313. The maximum Gasteiger partial charge on any atom is 0.281 e. The van der Waals surface area contributed by atoms with E-state index >= 15 is 0 Å². The number of nitrogens with zero attached hydrogens (tertiary/aromatic N) is 5. The molecular weight excluding hydrogens is 468 g/mol. The molecule has 0 unspecified atom stereocenters. The lowest BCUT2D eigenvalue weighted by Gasteiger charge is -2.30. The van der Waals surface area contributed by atoms with Crippen molar-refractivity contribution in [1.82, 2.24) is 29.3 Å². The van der Waals surface area contributed by atoms with Gasteiger partial charge in [0.2, 0.25) is 10.0 Å². The molecule has 1 N–H and O–H groups in total. The Bertz CT molecular complexity index is 1500. The summed E-state index contributed by atoms with van der Waals surface area (Å²) in [6.45, 7) is 3.14. The van der Waals surface area contributed by atoms with Gasteiger partial charge >= 0.3 is 0 Å². The maximum absolute atomic E-state index is 13.1. The van der Waals surface area contributed by atoms with Gasteiger partial charge in [-0.3, -0.25) is 4.79 Å². The summed E-state index contributed by atoms with van der Waals surface area (Å²) in [5.74, 6) is 1.07. The average Bonchev–Trinajstić information content (AvgIpc) is 3.28. The highest BCUT2D eigenvalue weighted by Crippen LogP contribution is 2.29. The van der Waals surface area contributed by atoms with Crippen molar-refractivity contribution < 1.29 is 13.2 Å². The SMILES string of the molecule is COc1ccc(S(=O)(=O)N2CCC(c3nc4c(nnn4Cc4ccc(C)cc4)c(=O)[nH]3)CC2)cc1. The van der Waals surface area contributed by atoms with Crippen LogP contribution in [-0.2, 0) is 16.6 Å². The Morgan fingerprint density at radius 1 is 1.06 bits per heavy atom. The number of piperidine rings is 1. The Labute approximate surface area is 202 Å². The fraction of sp³-hybridized carbons (Fsp3) is 0.333. The molecule has 1 aliphatic rings. The van der Waals surface area contributed by atoms with Gasteiger partial charge in [0, 0.05) is 19.0 Å². The number of aromatic nitrogens is 5. The van der Waals surface area contributed by atoms with Crippen LogP contribution in [0.4, 0.5) is 0 Å². The minimum Gasteiger partial charge on any atom is -0.497 e. The number of benzene rings is 2. The summed E-state index contributed by atoms with van der Waals surface area (Å²) in [6.07, 6.45) is 1.09. The Kier molecular flexibility index (Phi) is 6.12. The number of aryl methyl sites for hydroxylation is 1. The molecule has 3 heterocycles. The first kappa shape index (κ1) is 23.2. The van der Waals surface area contributed by atoms with Crippen LogP contribution in [-0.4, -0.2) is 57.9 Å². The molecule has 35 heavy (non-hydrogen) atoms. The molecule has 0 atom stereocenters. The number of rotatable bonds is 6. The van der Waals surface area contributed by atoms with E-state index in [1.54, 1.807) is 28.9 Å². The van der Waals surface area contributed by atoms with Gasteiger partial charge in [0.1, 0.15) is 11.6 Å². The summed E-state index contributed by atoms with van der Waals surface area (Å²) in [5, 5.41) is 8.16. The number of hydrogen-bond acceptors (Lipinski definition) is 7. The first-order valence-electron chi connectivity index (χ1n) is 11.4. The van der Waals surface area contributed by atoms with Crippen LogP contribution in [0.2, 0.25) is 0 Å². The van der Waals surface area contributed by atoms with Crippen LogP contribution in [0.1, 0.15) is 35.7 Å². The van der Waals surface area contributed by atoms with Crippen molar-refractivity contribution in [3.8, 4) is 5.75 Å². The van der Waals surface area contributed by atoms with Crippen LogP contribution in [0, 0.1) is 6.92 Å². The van der Waals surface area contributed by atoms with Crippen LogP contribution in [0.5, 0.6) is 5.75 Å². The van der Waals surface area contributed by atoms with Gasteiger partial charge in [-0.15, -0.1) is 5.10 Å². The van der Waals surface area contributed by atoms with Crippen molar-refractivity contribution in [2.45, 2.75) is 37.1 Å². The van der Waals surface area contributed by atoms with Crippen LogP contribution >= 0.6 is 0 Å². The van der Waals surface area contributed by atoms with E-state index < -0.39 is 10.0 Å². The molecule has 0 spiro atoms. The van der Waals surface area contributed by atoms with Crippen molar-refractivity contribution in [3.63, 3.8) is 0 Å². The molecule has 0 saturated carbocycles. The third-order valence-electron chi connectivity index (χ3n) is 6.38. The minimum absolute atomic E-state index is 0.0721. The van der Waals surface area contributed by atoms with E-state index in [0.717, 1.165) is 11.1 Å². The summed E-state index contributed by atoms with van der Waals surface area (Å²) < 4.78 is 34.3. The number of nitrogens with one attached hydrogen (secondary N) is 1. The van der Waals surface area contributed by atoms with Crippen LogP contribution in [0.25, 0.3) is 11.2 Å². The quantitative estimate of drug-likeness (QED) is 0.437. The summed E-state index contributed by atoms with van der Waals surface area (Å²) >= 11 is 0. The molecule has 1 fully saturated rings. The number of sulfonamides is 1. The van der Waals surface area contributed by atoms with E-state index in [-0.39, 0.29) is 21.9 Å². The lowest BCUT2D eigenvalue weighted by atomic mass is 9.97. The van der Waals surface area contributed by atoms with Gasteiger partial charge in [-0.2, -0.15) is 4.31 Å². The zero-order valence-electron chi connectivity index (χ0n) is 19.5. The number of aromatic amines is 1. The number of methoxy groups -OCH3 is 1. The predicted molar refractivity (Wildman–Crippen MR) is 130 cm³/mol. The minimum atomic E-state index is -3.61. The zero-order valence-corrected chi connectivity index (χ0v) is 20.3. The zero-order chi connectivity index (χ0) is 24.6. The summed E-state index contributed by atoms with van der Waals surface area (Å²) in [5.41, 5.74) is 2.48. The van der Waals surface area contributed by atoms with Crippen molar-refractivity contribution in [3.05, 3.63) is 75.8 Å². The average molecular weight is 495 g/mol. The van der Waals surface area contributed by atoms with E-state index in [4.69, 9.17) is 9.72 Å². The molecular formula is C24H26N6O4S. The van der Waals surface area contributed by atoms with E-state index in [9.17, 15) is 13.2 Å². The molecule has 0 amide bonds. The van der Waals surface area contributed by atoms with Gasteiger partial charge in [-0.25, -0.2) is 18.1 Å². The molecule has 2 aromatic heterocycles. The molecule has 182 valence electrons. The molecule has 1 saturated heterocycles. The summed E-state index contributed by atoms with van der Waals surface area (Å²) in [7, 11) is -2.07. The molecule has 0 bridgehead atoms. The van der Waals surface area contributed by atoms with Crippen molar-refractivity contribution in [2.75, 3.05) is 20.2 Å². The summed E-state index contributed by atoms with van der Waals surface area (Å²) in [4.78, 5) is 20.5. The smallest absolute Gasteiger partial charge is 0.281 e. The number of ether oxygens (including phenoxy) is 1. The Balaban J connectivity index is 1.35. The number of hydrogen-bond donors (Lipinski definition) is 1. The van der Waals surface area contributed by atoms with E-state index in [0.29, 0.717) is 49.7 Å². The molecule has 5 rings (SSSR count). The topological polar surface area (TPSA) is 123 Å². The van der Waals surface area contributed by atoms with Crippen molar-refractivity contribution >= 4 is 21.2 Å². The van der Waals surface area contributed by atoms with E-state index in [2.05, 4.69) is 15.3 Å². The Morgan fingerprint density at radius 3 is 2.40 bits per heavy atom. The highest BCUT2D eigenvalue weighted by atomic mass is 32.2. The fourth-order valence-corrected chi connectivity index (χ4v) is 5.79. The number of H-pyrrole nitrogens is 1. The molecule has 4 aromatic rings. The normalized spacial score (nSPS) is 15.5. The highest BCUT2D eigenvalue weighted by Gasteiger charge is 2.31. The molecule has 0 radical (unpaired) electrons. The second-order valence-electron chi connectivity index (χ2n) is 8.71.